The number of fused-ring (bicyclic) bond motifs is 1. The van der Waals surface area contributed by atoms with Crippen LogP contribution < -0.4 is 5.32 Å². The highest BCUT2D eigenvalue weighted by Gasteiger charge is 2.31. The van der Waals surface area contributed by atoms with Crippen LogP contribution in [-0.2, 0) is 11.2 Å². The molecule has 19 heavy (non-hydrogen) atoms. The third kappa shape index (κ3) is 2.10. The molecule has 0 fully saturated rings. The zero-order valence-electron chi connectivity index (χ0n) is 9.99. The van der Waals surface area contributed by atoms with Crippen LogP contribution in [0.3, 0.4) is 0 Å². The number of anilines is 1. The van der Waals surface area contributed by atoms with E-state index >= 15 is 0 Å². The molecular formula is C15H11ClFNO. The van der Waals surface area contributed by atoms with Crippen LogP contribution in [0.15, 0.2) is 42.5 Å². The van der Waals surface area contributed by atoms with E-state index in [1.165, 1.54) is 6.07 Å². The molecule has 0 saturated heterocycles. The van der Waals surface area contributed by atoms with Crippen molar-refractivity contribution >= 4 is 23.2 Å². The maximum Gasteiger partial charge on any atom is 0.232 e. The molecule has 1 amide bonds. The topological polar surface area (TPSA) is 29.1 Å². The minimum absolute atomic E-state index is 0.111. The van der Waals surface area contributed by atoms with Crippen molar-refractivity contribution in [2.45, 2.75) is 12.3 Å². The first kappa shape index (κ1) is 12.2. The van der Waals surface area contributed by atoms with Gasteiger partial charge >= 0.3 is 0 Å². The predicted molar refractivity (Wildman–Crippen MR) is 72.9 cm³/mol. The van der Waals surface area contributed by atoms with E-state index in [4.69, 9.17) is 11.6 Å². The molecule has 4 heteroatoms. The van der Waals surface area contributed by atoms with E-state index in [-0.39, 0.29) is 24.1 Å². The number of rotatable bonds is 2. The van der Waals surface area contributed by atoms with E-state index in [1.54, 1.807) is 12.1 Å². The largest absolute Gasteiger partial charge is 0.325 e. The molecule has 0 aliphatic carbocycles. The molecule has 96 valence electrons. The average molecular weight is 276 g/mol. The molecule has 1 aliphatic heterocycles. The second-order valence-electron chi connectivity index (χ2n) is 4.53. The van der Waals surface area contributed by atoms with Crippen molar-refractivity contribution in [3.05, 3.63) is 64.4 Å². The Balaban J connectivity index is 1.98. The SMILES string of the molecule is O=C1Nc2ccccc2C1Cc1c(F)cccc1Cl. The van der Waals surface area contributed by atoms with Gasteiger partial charge in [-0.15, -0.1) is 0 Å². The highest BCUT2D eigenvalue weighted by Crippen LogP contribution is 2.36. The smallest absolute Gasteiger partial charge is 0.232 e. The monoisotopic (exact) mass is 275 g/mol. The fourth-order valence-corrected chi connectivity index (χ4v) is 2.65. The minimum atomic E-state index is -0.384. The summed E-state index contributed by atoms with van der Waals surface area (Å²) in [7, 11) is 0. The predicted octanol–water partition coefficient (Wildman–Crippen LogP) is 3.76. The van der Waals surface area contributed by atoms with Crippen LogP contribution in [0.1, 0.15) is 17.0 Å². The van der Waals surface area contributed by atoms with E-state index in [0.29, 0.717) is 10.6 Å². The Morgan fingerprint density at radius 1 is 1.16 bits per heavy atom. The Labute approximate surface area is 115 Å². The van der Waals surface area contributed by atoms with E-state index < -0.39 is 0 Å². The molecule has 2 aromatic carbocycles. The van der Waals surface area contributed by atoms with Crippen LogP contribution in [0.25, 0.3) is 0 Å². The number of nitrogens with one attached hydrogen (secondary N) is 1. The fraction of sp³-hybridized carbons (Fsp3) is 0.133. The lowest BCUT2D eigenvalue weighted by Crippen LogP contribution is -2.15. The number of hydrogen-bond acceptors (Lipinski definition) is 1. The Hall–Kier alpha value is -1.87. The van der Waals surface area contributed by atoms with Crippen LogP contribution in [0.2, 0.25) is 5.02 Å². The van der Waals surface area contributed by atoms with Gasteiger partial charge in [-0.1, -0.05) is 35.9 Å². The first-order valence-electron chi connectivity index (χ1n) is 5.99. The Morgan fingerprint density at radius 2 is 1.95 bits per heavy atom. The molecule has 0 saturated carbocycles. The zero-order chi connectivity index (χ0) is 13.4. The number of para-hydroxylation sites is 1. The van der Waals surface area contributed by atoms with Crippen molar-refractivity contribution in [1.82, 2.24) is 0 Å². The standard InChI is InChI=1S/C15H11ClFNO/c16-12-5-3-6-13(17)11(12)8-10-9-4-1-2-7-14(9)18-15(10)19/h1-7,10H,8H2,(H,18,19). The minimum Gasteiger partial charge on any atom is -0.325 e. The highest BCUT2D eigenvalue weighted by molar-refractivity contribution is 6.31. The first-order valence-corrected chi connectivity index (χ1v) is 6.37. The van der Waals surface area contributed by atoms with Crippen molar-refractivity contribution in [3.63, 3.8) is 0 Å². The van der Waals surface area contributed by atoms with E-state index in [0.717, 1.165) is 11.3 Å². The summed E-state index contributed by atoms with van der Waals surface area (Å²) >= 11 is 6.01. The average Bonchev–Trinajstić information content (AvgIpc) is 2.70. The van der Waals surface area contributed by atoms with Gasteiger partial charge in [-0.25, -0.2) is 4.39 Å². The van der Waals surface area contributed by atoms with Crippen LogP contribution >= 0.6 is 11.6 Å². The number of carbonyl (C=O) groups excluding carboxylic acids is 1. The van der Waals surface area contributed by atoms with Gasteiger partial charge in [0.05, 0.1) is 5.92 Å². The molecule has 0 bridgehead atoms. The Kier molecular flexibility index (Phi) is 2.99. The molecule has 2 aromatic rings. The lowest BCUT2D eigenvalue weighted by atomic mass is 9.93. The second-order valence-corrected chi connectivity index (χ2v) is 4.94. The molecule has 1 atom stereocenters. The van der Waals surface area contributed by atoms with Crippen molar-refractivity contribution in [2.24, 2.45) is 0 Å². The second kappa shape index (κ2) is 4.67. The lowest BCUT2D eigenvalue weighted by molar-refractivity contribution is -0.117. The number of amides is 1. The van der Waals surface area contributed by atoms with E-state index in [1.807, 2.05) is 24.3 Å². The van der Waals surface area contributed by atoms with E-state index in [2.05, 4.69) is 5.32 Å². The van der Waals surface area contributed by atoms with Crippen molar-refractivity contribution < 1.29 is 9.18 Å². The first-order chi connectivity index (χ1) is 9.16. The number of carbonyl (C=O) groups is 1. The zero-order valence-corrected chi connectivity index (χ0v) is 10.7. The normalized spacial score (nSPS) is 17.2. The van der Waals surface area contributed by atoms with Gasteiger partial charge in [0.1, 0.15) is 5.82 Å². The summed E-state index contributed by atoms with van der Waals surface area (Å²) in [6.45, 7) is 0. The fourth-order valence-electron chi connectivity index (χ4n) is 2.41. The summed E-state index contributed by atoms with van der Waals surface area (Å²) in [5.41, 5.74) is 2.08. The maximum absolute atomic E-state index is 13.8. The summed E-state index contributed by atoms with van der Waals surface area (Å²) in [4.78, 5) is 12.0. The highest BCUT2D eigenvalue weighted by atomic mass is 35.5. The summed E-state index contributed by atoms with van der Waals surface area (Å²) in [6, 6.07) is 12.0. The number of halogens is 2. The van der Waals surface area contributed by atoms with Crippen LogP contribution in [0, 0.1) is 5.82 Å². The molecule has 2 nitrogen and oxygen atoms in total. The molecule has 1 N–H and O–H groups in total. The van der Waals surface area contributed by atoms with Crippen molar-refractivity contribution in [2.75, 3.05) is 5.32 Å². The number of hydrogen-bond donors (Lipinski definition) is 1. The lowest BCUT2D eigenvalue weighted by Gasteiger charge is -2.11. The van der Waals surface area contributed by atoms with Gasteiger partial charge in [0.2, 0.25) is 5.91 Å². The van der Waals surface area contributed by atoms with Crippen LogP contribution in [0.5, 0.6) is 0 Å². The Morgan fingerprint density at radius 3 is 2.74 bits per heavy atom. The third-order valence-corrected chi connectivity index (χ3v) is 3.73. The summed E-state index contributed by atoms with van der Waals surface area (Å²) in [5, 5.41) is 3.16. The number of benzene rings is 2. The van der Waals surface area contributed by atoms with Crippen LogP contribution in [-0.4, -0.2) is 5.91 Å². The van der Waals surface area contributed by atoms with Gasteiger partial charge < -0.3 is 5.32 Å². The molecular weight excluding hydrogens is 265 g/mol. The molecule has 0 aromatic heterocycles. The van der Waals surface area contributed by atoms with Crippen LogP contribution in [0.4, 0.5) is 10.1 Å². The molecule has 0 radical (unpaired) electrons. The molecule has 1 unspecified atom stereocenters. The maximum atomic E-state index is 13.8. The summed E-state index contributed by atoms with van der Waals surface area (Å²) in [6.07, 6.45) is 0.272. The summed E-state index contributed by atoms with van der Waals surface area (Å²) in [5.74, 6) is -0.865. The summed E-state index contributed by atoms with van der Waals surface area (Å²) < 4.78 is 13.8. The quantitative estimate of drug-likeness (QED) is 0.888. The molecule has 1 heterocycles. The van der Waals surface area contributed by atoms with Gasteiger partial charge in [0.25, 0.3) is 0 Å². The van der Waals surface area contributed by atoms with Gasteiger partial charge in [0, 0.05) is 16.3 Å². The van der Waals surface area contributed by atoms with Crippen molar-refractivity contribution in [3.8, 4) is 0 Å². The molecule has 3 rings (SSSR count). The van der Waals surface area contributed by atoms with Gasteiger partial charge in [-0.3, -0.25) is 4.79 Å². The van der Waals surface area contributed by atoms with E-state index in [9.17, 15) is 9.18 Å². The van der Waals surface area contributed by atoms with Gasteiger partial charge in [-0.2, -0.15) is 0 Å². The van der Waals surface area contributed by atoms with Crippen molar-refractivity contribution in [1.29, 1.82) is 0 Å². The van der Waals surface area contributed by atoms with Gasteiger partial charge in [-0.05, 0) is 30.2 Å². The Bertz CT molecular complexity index is 636. The molecule has 0 spiro atoms. The third-order valence-electron chi connectivity index (χ3n) is 3.38. The molecule has 1 aliphatic rings. The van der Waals surface area contributed by atoms with Gasteiger partial charge in [0.15, 0.2) is 0 Å².